The summed E-state index contributed by atoms with van der Waals surface area (Å²) >= 11 is 6.31. The van der Waals surface area contributed by atoms with Crippen LogP contribution in [-0.4, -0.2) is 43.1 Å². The van der Waals surface area contributed by atoms with Crippen LogP contribution in [0.3, 0.4) is 0 Å². The fourth-order valence-electron chi connectivity index (χ4n) is 3.46. The molecule has 1 amide bonds. The molecule has 0 aliphatic carbocycles. The summed E-state index contributed by atoms with van der Waals surface area (Å²) in [6.07, 6.45) is 1.53. The van der Waals surface area contributed by atoms with Crippen LogP contribution in [0.1, 0.15) is 15.9 Å². The number of aromatic nitrogens is 2. The van der Waals surface area contributed by atoms with Crippen molar-refractivity contribution in [1.29, 1.82) is 0 Å². The van der Waals surface area contributed by atoms with Gasteiger partial charge in [-0.1, -0.05) is 23.7 Å². The largest absolute Gasteiger partial charge is 0.373 e. The van der Waals surface area contributed by atoms with Gasteiger partial charge in [-0.05, 0) is 35.9 Å². The first-order valence-corrected chi connectivity index (χ1v) is 10.4. The van der Waals surface area contributed by atoms with E-state index in [0.29, 0.717) is 28.0 Å². The van der Waals surface area contributed by atoms with Crippen molar-refractivity contribution in [2.45, 2.75) is 6.54 Å². The summed E-state index contributed by atoms with van der Waals surface area (Å²) in [6, 6.07) is 13.4. The maximum Gasteiger partial charge on any atom is 0.253 e. The minimum Gasteiger partial charge on any atom is -0.373 e. The highest BCUT2D eigenvalue weighted by Gasteiger charge is 2.14. The highest BCUT2D eigenvalue weighted by molar-refractivity contribution is 6.33. The number of para-hydroxylation sites is 1. The summed E-state index contributed by atoms with van der Waals surface area (Å²) in [6.45, 7) is 2.72. The van der Waals surface area contributed by atoms with E-state index >= 15 is 0 Å². The molecule has 0 fully saturated rings. The van der Waals surface area contributed by atoms with Crippen LogP contribution in [0.25, 0.3) is 0 Å². The maximum atomic E-state index is 12.1. The number of anilines is 5. The molecule has 0 atom stereocenters. The zero-order valence-electron chi connectivity index (χ0n) is 17.4. The van der Waals surface area contributed by atoms with Gasteiger partial charge in [-0.15, -0.1) is 0 Å². The van der Waals surface area contributed by atoms with Crippen LogP contribution in [0.15, 0.2) is 48.7 Å². The zero-order valence-corrected chi connectivity index (χ0v) is 18.1. The van der Waals surface area contributed by atoms with Crippen LogP contribution in [0.5, 0.6) is 0 Å². The fourth-order valence-corrected chi connectivity index (χ4v) is 3.60. The van der Waals surface area contributed by atoms with E-state index in [1.54, 1.807) is 25.2 Å². The molecule has 31 heavy (non-hydrogen) atoms. The smallest absolute Gasteiger partial charge is 0.253 e. The van der Waals surface area contributed by atoms with Crippen molar-refractivity contribution in [3.8, 4) is 0 Å². The van der Waals surface area contributed by atoms with E-state index in [0.717, 1.165) is 25.3 Å². The van der Waals surface area contributed by atoms with Crippen molar-refractivity contribution in [1.82, 2.24) is 20.6 Å². The Bertz CT molecular complexity index is 1100. The number of rotatable bonds is 5. The number of hydrogen-bond donors (Lipinski definition) is 4. The number of hydrogen-bond acceptors (Lipinski definition) is 7. The van der Waals surface area contributed by atoms with E-state index in [4.69, 9.17) is 11.6 Å². The minimum absolute atomic E-state index is 0.199. The Balaban J connectivity index is 1.58. The Labute approximate surface area is 186 Å². The summed E-state index contributed by atoms with van der Waals surface area (Å²) in [4.78, 5) is 23.2. The molecule has 0 saturated carbocycles. The van der Waals surface area contributed by atoms with Gasteiger partial charge in [0.05, 0.1) is 17.4 Å². The van der Waals surface area contributed by atoms with Gasteiger partial charge in [0, 0.05) is 45.1 Å². The molecule has 4 N–H and O–H groups in total. The van der Waals surface area contributed by atoms with E-state index in [2.05, 4.69) is 55.3 Å². The number of fused-ring (bicyclic) bond motifs is 1. The third-order valence-corrected chi connectivity index (χ3v) is 5.36. The van der Waals surface area contributed by atoms with Crippen LogP contribution in [-0.2, 0) is 6.54 Å². The first kappa shape index (κ1) is 20.9. The zero-order chi connectivity index (χ0) is 21.8. The summed E-state index contributed by atoms with van der Waals surface area (Å²) in [5.74, 6) is 0.612. The first-order chi connectivity index (χ1) is 15.0. The topological polar surface area (TPSA) is 94.2 Å². The average Bonchev–Trinajstić information content (AvgIpc) is 2.97. The molecule has 0 unspecified atom stereocenters. The molecule has 3 aromatic rings. The third kappa shape index (κ3) is 4.70. The first-order valence-electron chi connectivity index (χ1n) is 9.97. The molecule has 1 aliphatic rings. The van der Waals surface area contributed by atoms with Crippen molar-refractivity contribution in [2.75, 3.05) is 42.7 Å². The van der Waals surface area contributed by atoms with Crippen molar-refractivity contribution >= 4 is 46.3 Å². The summed E-state index contributed by atoms with van der Waals surface area (Å²) < 4.78 is 0. The second-order valence-corrected chi connectivity index (χ2v) is 7.61. The number of benzene rings is 2. The number of amides is 1. The molecule has 4 rings (SSSR count). The highest BCUT2D eigenvalue weighted by Crippen LogP contribution is 2.29. The van der Waals surface area contributed by atoms with Gasteiger partial charge >= 0.3 is 0 Å². The van der Waals surface area contributed by atoms with Crippen molar-refractivity contribution in [3.63, 3.8) is 0 Å². The Morgan fingerprint density at radius 2 is 2.03 bits per heavy atom. The lowest BCUT2D eigenvalue weighted by Crippen LogP contribution is -2.24. The molecule has 0 spiro atoms. The molecule has 8 nitrogen and oxygen atoms in total. The summed E-state index contributed by atoms with van der Waals surface area (Å²) in [5.41, 5.74) is 4.40. The Hall–Kier alpha value is -3.36. The molecular weight excluding hydrogens is 414 g/mol. The maximum absolute atomic E-state index is 12.1. The number of nitrogens with one attached hydrogen (secondary N) is 4. The lowest BCUT2D eigenvalue weighted by Gasteiger charge is -2.19. The number of nitrogens with zero attached hydrogens (tertiary/aromatic N) is 3. The van der Waals surface area contributed by atoms with Crippen molar-refractivity contribution in [2.24, 2.45) is 0 Å². The Morgan fingerprint density at radius 1 is 1.19 bits per heavy atom. The molecule has 160 valence electrons. The minimum atomic E-state index is -0.199. The van der Waals surface area contributed by atoms with Gasteiger partial charge in [-0.25, -0.2) is 4.98 Å². The predicted octanol–water partition coefficient (Wildman–Crippen LogP) is 3.52. The molecule has 1 aliphatic heterocycles. The fraction of sp³-hybridized carbons (Fsp3) is 0.227. The average molecular weight is 438 g/mol. The van der Waals surface area contributed by atoms with Crippen LogP contribution in [0.4, 0.5) is 28.8 Å². The monoisotopic (exact) mass is 437 g/mol. The normalized spacial score (nSPS) is 13.2. The van der Waals surface area contributed by atoms with Crippen LogP contribution >= 0.6 is 11.6 Å². The van der Waals surface area contributed by atoms with Gasteiger partial charge in [-0.3, -0.25) is 4.79 Å². The van der Waals surface area contributed by atoms with Crippen LogP contribution in [0, 0.1) is 0 Å². The number of carbonyl (C=O) groups excluding carboxylic acids is 1. The number of likely N-dealkylation sites (N-methyl/N-ethyl adjacent to an activating group) is 1. The second kappa shape index (κ2) is 9.20. The Morgan fingerprint density at radius 3 is 2.87 bits per heavy atom. The number of carbonyl (C=O) groups is 1. The SMILES string of the molecule is CNC(=O)c1ccccc1Nc1nc(Nc2ccc3c(c2)CNCCN3C)ncc1Cl. The molecule has 2 heterocycles. The Kier molecular flexibility index (Phi) is 6.20. The lowest BCUT2D eigenvalue weighted by molar-refractivity contribution is 0.0964. The van der Waals surface area contributed by atoms with Gasteiger partial charge in [0.15, 0.2) is 5.82 Å². The summed E-state index contributed by atoms with van der Waals surface area (Å²) in [7, 11) is 3.68. The molecule has 0 radical (unpaired) electrons. The quantitative estimate of drug-likeness (QED) is 0.485. The van der Waals surface area contributed by atoms with E-state index in [1.807, 2.05) is 12.1 Å². The van der Waals surface area contributed by atoms with E-state index < -0.39 is 0 Å². The van der Waals surface area contributed by atoms with Gasteiger partial charge < -0.3 is 26.2 Å². The molecule has 0 saturated heterocycles. The second-order valence-electron chi connectivity index (χ2n) is 7.21. The predicted molar refractivity (Wildman–Crippen MR) is 125 cm³/mol. The highest BCUT2D eigenvalue weighted by atomic mass is 35.5. The molecule has 2 aromatic carbocycles. The number of halogens is 1. The standard InChI is InChI=1S/C22H24ClN7O/c1-24-21(31)16-5-3-4-6-18(16)28-20-17(23)13-26-22(29-20)27-15-7-8-19-14(11-15)12-25-9-10-30(19)2/h3-8,11,13,25H,9-10,12H2,1-2H3,(H,24,31)(H2,26,27,28,29). The molecule has 9 heteroatoms. The lowest BCUT2D eigenvalue weighted by atomic mass is 10.1. The van der Waals surface area contributed by atoms with Crippen LogP contribution in [0.2, 0.25) is 5.02 Å². The van der Waals surface area contributed by atoms with Crippen molar-refractivity contribution in [3.05, 3.63) is 64.8 Å². The van der Waals surface area contributed by atoms with Gasteiger partial charge in [0.2, 0.25) is 5.95 Å². The molecule has 0 bridgehead atoms. The van der Waals surface area contributed by atoms with Gasteiger partial charge in [-0.2, -0.15) is 4.98 Å². The van der Waals surface area contributed by atoms with Crippen LogP contribution < -0.4 is 26.2 Å². The van der Waals surface area contributed by atoms with Gasteiger partial charge in [0.1, 0.15) is 5.02 Å². The van der Waals surface area contributed by atoms with E-state index in [1.165, 1.54) is 17.4 Å². The van der Waals surface area contributed by atoms with E-state index in [9.17, 15) is 4.79 Å². The molecular formula is C22H24ClN7O. The summed E-state index contributed by atoms with van der Waals surface area (Å²) in [5, 5.41) is 12.8. The third-order valence-electron chi connectivity index (χ3n) is 5.08. The van der Waals surface area contributed by atoms with Gasteiger partial charge in [0.25, 0.3) is 5.91 Å². The van der Waals surface area contributed by atoms with E-state index in [-0.39, 0.29) is 5.91 Å². The van der Waals surface area contributed by atoms with Crippen molar-refractivity contribution < 1.29 is 4.79 Å². The molecule has 1 aromatic heterocycles.